The number of hydrogen-bond acceptors (Lipinski definition) is 4. The SMILES string of the molecule is COCCc1nc2cccnc2n1CC1CCCNC1. The van der Waals surface area contributed by atoms with Crippen LogP contribution >= 0.6 is 0 Å². The number of hydrogen-bond donors (Lipinski definition) is 1. The van der Waals surface area contributed by atoms with Gasteiger partial charge in [-0.25, -0.2) is 9.97 Å². The van der Waals surface area contributed by atoms with Crippen molar-refractivity contribution in [1.29, 1.82) is 0 Å². The van der Waals surface area contributed by atoms with E-state index in [-0.39, 0.29) is 0 Å². The van der Waals surface area contributed by atoms with Crippen LogP contribution in [0.4, 0.5) is 0 Å². The minimum absolute atomic E-state index is 0.671. The number of imidazole rings is 1. The van der Waals surface area contributed by atoms with Crippen molar-refractivity contribution in [1.82, 2.24) is 19.9 Å². The highest BCUT2D eigenvalue weighted by molar-refractivity contribution is 5.71. The standard InChI is InChI=1S/C15H22N4O/c1-20-9-6-14-18-13-5-3-8-17-15(13)19(14)11-12-4-2-7-16-10-12/h3,5,8,12,16H,2,4,6-7,9-11H2,1H3. The Morgan fingerprint density at radius 3 is 3.25 bits per heavy atom. The van der Waals surface area contributed by atoms with Crippen LogP contribution in [-0.2, 0) is 17.7 Å². The summed E-state index contributed by atoms with van der Waals surface area (Å²) in [6.07, 6.45) is 5.23. The normalized spacial score (nSPS) is 19.6. The fourth-order valence-electron chi connectivity index (χ4n) is 2.92. The number of methoxy groups -OCH3 is 1. The summed E-state index contributed by atoms with van der Waals surface area (Å²) in [5, 5.41) is 3.48. The lowest BCUT2D eigenvalue weighted by Gasteiger charge is -2.24. The molecule has 1 fully saturated rings. The van der Waals surface area contributed by atoms with Crippen molar-refractivity contribution in [2.24, 2.45) is 5.92 Å². The molecule has 0 aromatic carbocycles. The van der Waals surface area contributed by atoms with Gasteiger partial charge in [-0.15, -0.1) is 0 Å². The van der Waals surface area contributed by atoms with Gasteiger partial charge in [0.05, 0.1) is 6.61 Å². The molecule has 20 heavy (non-hydrogen) atoms. The summed E-state index contributed by atoms with van der Waals surface area (Å²) >= 11 is 0. The van der Waals surface area contributed by atoms with Crippen LogP contribution in [0.1, 0.15) is 18.7 Å². The van der Waals surface area contributed by atoms with Crippen LogP contribution < -0.4 is 5.32 Å². The molecule has 1 unspecified atom stereocenters. The molecule has 3 rings (SSSR count). The van der Waals surface area contributed by atoms with Gasteiger partial charge in [-0.2, -0.15) is 0 Å². The van der Waals surface area contributed by atoms with Crippen molar-refractivity contribution >= 4 is 11.2 Å². The van der Waals surface area contributed by atoms with Crippen LogP contribution in [0.15, 0.2) is 18.3 Å². The molecule has 0 aliphatic carbocycles. The molecule has 5 heteroatoms. The Morgan fingerprint density at radius 1 is 1.50 bits per heavy atom. The van der Waals surface area contributed by atoms with E-state index in [0.717, 1.165) is 43.0 Å². The van der Waals surface area contributed by atoms with Crippen LogP contribution in [-0.4, -0.2) is 41.3 Å². The van der Waals surface area contributed by atoms with E-state index >= 15 is 0 Å². The van der Waals surface area contributed by atoms with Crippen LogP contribution in [0.2, 0.25) is 0 Å². The molecule has 2 aromatic rings. The third kappa shape index (κ3) is 2.83. The molecule has 0 amide bonds. The van der Waals surface area contributed by atoms with Crippen molar-refractivity contribution in [3.8, 4) is 0 Å². The summed E-state index contributed by atoms with van der Waals surface area (Å²) in [4.78, 5) is 9.23. The molecule has 0 saturated carbocycles. The van der Waals surface area contributed by atoms with E-state index in [1.54, 1.807) is 7.11 Å². The third-order valence-corrected chi connectivity index (χ3v) is 3.95. The molecular formula is C15H22N4O. The number of rotatable bonds is 5. The van der Waals surface area contributed by atoms with Crippen molar-refractivity contribution in [2.75, 3.05) is 26.8 Å². The van der Waals surface area contributed by atoms with Gasteiger partial charge in [-0.1, -0.05) is 0 Å². The molecule has 5 nitrogen and oxygen atoms in total. The average molecular weight is 274 g/mol. The zero-order valence-electron chi connectivity index (χ0n) is 12.0. The Bertz CT molecular complexity index is 560. The minimum atomic E-state index is 0.671. The molecule has 1 aliphatic rings. The average Bonchev–Trinajstić information content (AvgIpc) is 2.84. The molecule has 2 aromatic heterocycles. The summed E-state index contributed by atoms with van der Waals surface area (Å²) < 4.78 is 7.48. The molecule has 0 bridgehead atoms. The largest absolute Gasteiger partial charge is 0.384 e. The lowest BCUT2D eigenvalue weighted by atomic mass is 9.99. The summed E-state index contributed by atoms with van der Waals surface area (Å²) in [5.74, 6) is 1.76. The van der Waals surface area contributed by atoms with Crippen LogP contribution in [0.5, 0.6) is 0 Å². The molecule has 0 spiro atoms. The fourth-order valence-corrected chi connectivity index (χ4v) is 2.92. The molecule has 1 N–H and O–H groups in total. The summed E-state index contributed by atoms with van der Waals surface area (Å²) in [6, 6.07) is 3.98. The second kappa shape index (κ2) is 6.33. The van der Waals surface area contributed by atoms with Crippen LogP contribution in [0.3, 0.4) is 0 Å². The zero-order valence-corrected chi connectivity index (χ0v) is 12.0. The monoisotopic (exact) mass is 274 g/mol. The Labute approximate surface area is 119 Å². The van der Waals surface area contributed by atoms with Gasteiger partial charge < -0.3 is 14.6 Å². The van der Waals surface area contributed by atoms with Gasteiger partial charge >= 0.3 is 0 Å². The maximum Gasteiger partial charge on any atom is 0.159 e. The number of pyridine rings is 1. The fraction of sp³-hybridized carbons (Fsp3) is 0.600. The summed E-state index contributed by atoms with van der Waals surface area (Å²) in [6.45, 7) is 3.94. The molecule has 1 atom stereocenters. The van der Waals surface area contributed by atoms with Crippen molar-refractivity contribution in [3.63, 3.8) is 0 Å². The predicted molar refractivity (Wildman–Crippen MR) is 78.7 cm³/mol. The van der Waals surface area contributed by atoms with Crippen molar-refractivity contribution in [2.45, 2.75) is 25.8 Å². The maximum atomic E-state index is 5.20. The lowest BCUT2D eigenvalue weighted by Crippen LogP contribution is -2.32. The first kappa shape index (κ1) is 13.5. The Balaban J connectivity index is 1.88. The molecule has 108 valence electrons. The highest BCUT2D eigenvalue weighted by Crippen LogP contribution is 2.19. The van der Waals surface area contributed by atoms with E-state index in [1.807, 2.05) is 18.3 Å². The zero-order chi connectivity index (χ0) is 13.8. The number of nitrogens with one attached hydrogen (secondary N) is 1. The highest BCUT2D eigenvalue weighted by atomic mass is 16.5. The number of ether oxygens (including phenoxy) is 1. The van der Waals surface area contributed by atoms with E-state index < -0.39 is 0 Å². The highest BCUT2D eigenvalue weighted by Gasteiger charge is 2.18. The van der Waals surface area contributed by atoms with Gasteiger partial charge in [0.2, 0.25) is 0 Å². The third-order valence-electron chi connectivity index (χ3n) is 3.95. The first-order valence-corrected chi connectivity index (χ1v) is 7.38. The first-order chi connectivity index (χ1) is 9.88. The molecular weight excluding hydrogens is 252 g/mol. The van der Waals surface area contributed by atoms with E-state index in [2.05, 4.69) is 14.9 Å². The topological polar surface area (TPSA) is 52.0 Å². The van der Waals surface area contributed by atoms with Gasteiger partial charge in [0.15, 0.2) is 5.65 Å². The molecule has 0 radical (unpaired) electrons. The van der Waals surface area contributed by atoms with E-state index in [0.29, 0.717) is 12.5 Å². The van der Waals surface area contributed by atoms with E-state index in [1.165, 1.54) is 12.8 Å². The molecule has 3 heterocycles. The van der Waals surface area contributed by atoms with Gasteiger partial charge in [0, 0.05) is 26.3 Å². The number of aromatic nitrogens is 3. The minimum Gasteiger partial charge on any atom is -0.384 e. The van der Waals surface area contributed by atoms with Crippen molar-refractivity contribution < 1.29 is 4.74 Å². The Hall–Kier alpha value is -1.46. The summed E-state index contributed by atoms with van der Waals surface area (Å²) in [5.41, 5.74) is 1.99. The first-order valence-electron chi connectivity index (χ1n) is 7.38. The number of piperidine rings is 1. The van der Waals surface area contributed by atoms with Gasteiger partial charge in [0.25, 0.3) is 0 Å². The van der Waals surface area contributed by atoms with E-state index in [4.69, 9.17) is 9.72 Å². The van der Waals surface area contributed by atoms with E-state index in [9.17, 15) is 0 Å². The van der Waals surface area contributed by atoms with Crippen molar-refractivity contribution in [3.05, 3.63) is 24.2 Å². The Kier molecular flexibility index (Phi) is 4.28. The van der Waals surface area contributed by atoms with Crippen LogP contribution in [0, 0.1) is 5.92 Å². The number of nitrogens with zero attached hydrogens (tertiary/aromatic N) is 3. The molecule has 1 saturated heterocycles. The number of fused-ring (bicyclic) bond motifs is 1. The second-order valence-corrected chi connectivity index (χ2v) is 5.44. The van der Waals surface area contributed by atoms with Crippen LogP contribution in [0.25, 0.3) is 11.2 Å². The van der Waals surface area contributed by atoms with Gasteiger partial charge in [0.1, 0.15) is 11.3 Å². The lowest BCUT2D eigenvalue weighted by molar-refractivity contribution is 0.199. The summed E-state index contributed by atoms with van der Waals surface area (Å²) in [7, 11) is 1.73. The van der Waals surface area contributed by atoms with Gasteiger partial charge in [-0.3, -0.25) is 0 Å². The van der Waals surface area contributed by atoms with Gasteiger partial charge in [-0.05, 0) is 44.0 Å². The smallest absolute Gasteiger partial charge is 0.159 e. The quantitative estimate of drug-likeness (QED) is 0.900. The maximum absolute atomic E-state index is 5.20. The molecule has 1 aliphatic heterocycles. The predicted octanol–water partition coefficient (Wildman–Crippen LogP) is 1.62. The Morgan fingerprint density at radius 2 is 2.45 bits per heavy atom. The second-order valence-electron chi connectivity index (χ2n) is 5.44.